The number of carbonyl (C=O) groups is 1. The highest BCUT2D eigenvalue weighted by Gasteiger charge is 2.27. The molecule has 1 aliphatic carbocycles. The first-order chi connectivity index (χ1) is 19.1. The van der Waals surface area contributed by atoms with Gasteiger partial charge in [0.1, 0.15) is 13.2 Å². The quantitative estimate of drug-likeness (QED) is 0.272. The molecule has 0 bridgehead atoms. The topological polar surface area (TPSA) is 152 Å². The van der Waals surface area contributed by atoms with Gasteiger partial charge < -0.3 is 24.8 Å². The van der Waals surface area contributed by atoms with Crippen molar-refractivity contribution in [3.8, 4) is 17.4 Å². The molecule has 196 valence electrons. The Hall–Kier alpha value is -4.86. The van der Waals surface area contributed by atoms with Crippen LogP contribution in [0.1, 0.15) is 40.9 Å². The Labute approximate surface area is 221 Å². The van der Waals surface area contributed by atoms with Crippen LogP contribution in [-0.4, -0.2) is 53.2 Å². The lowest BCUT2D eigenvalue weighted by Crippen LogP contribution is -2.39. The zero-order valence-electron chi connectivity index (χ0n) is 20.6. The Kier molecular flexibility index (Phi) is 6.36. The molecule has 3 aromatic heterocycles. The zero-order chi connectivity index (χ0) is 26.9. The minimum absolute atomic E-state index is 0.0273. The summed E-state index contributed by atoms with van der Waals surface area (Å²) in [5, 5.41) is 40.7. The number of aliphatic hydroxyl groups is 2. The van der Waals surface area contributed by atoms with Crippen molar-refractivity contribution < 1.29 is 24.3 Å². The van der Waals surface area contributed by atoms with Crippen LogP contribution in [0, 0.1) is 6.57 Å². The van der Waals surface area contributed by atoms with Gasteiger partial charge in [0.25, 0.3) is 0 Å². The minimum Gasteiger partial charge on any atom is -0.473 e. The fraction of sp³-hybridized carbons (Fsp3) is 0.259. The van der Waals surface area contributed by atoms with E-state index < -0.39 is 6.10 Å². The summed E-state index contributed by atoms with van der Waals surface area (Å²) in [5.41, 5.74) is 2.06. The second-order valence-electron chi connectivity index (χ2n) is 9.27. The molecule has 3 heterocycles. The zero-order valence-corrected chi connectivity index (χ0v) is 20.6. The van der Waals surface area contributed by atoms with E-state index in [1.807, 2.05) is 24.3 Å². The van der Waals surface area contributed by atoms with Crippen molar-refractivity contribution in [3.05, 3.63) is 76.8 Å². The van der Waals surface area contributed by atoms with Gasteiger partial charge in [-0.3, -0.25) is 4.79 Å². The minimum atomic E-state index is -0.547. The summed E-state index contributed by atoms with van der Waals surface area (Å²) in [6, 6.07) is 13.6. The maximum atomic E-state index is 12.7. The molecule has 12 heteroatoms. The molecular formula is C27H23N7O5. The molecule has 2 atom stereocenters. The largest absolute Gasteiger partial charge is 0.473 e. The molecule has 0 aliphatic heterocycles. The Bertz CT molecular complexity index is 1740. The fourth-order valence-corrected chi connectivity index (χ4v) is 4.75. The van der Waals surface area contributed by atoms with Crippen molar-refractivity contribution in [1.29, 1.82) is 0 Å². The van der Waals surface area contributed by atoms with Crippen molar-refractivity contribution in [1.82, 2.24) is 30.3 Å². The van der Waals surface area contributed by atoms with Gasteiger partial charge in [-0.25, -0.2) is 4.85 Å². The van der Waals surface area contributed by atoms with Gasteiger partial charge in [-0.15, -0.1) is 15.3 Å². The van der Waals surface area contributed by atoms with Crippen LogP contribution in [0.4, 0.5) is 5.69 Å². The third kappa shape index (κ3) is 4.54. The van der Waals surface area contributed by atoms with E-state index in [2.05, 4.69) is 30.6 Å². The van der Waals surface area contributed by atoms with Crippen LogP contribution in [0.15, 0.2) is 53.1 Å². The SMILES string of the molecule is [C-]#[N+]c1cc(C(=O)N[C@H]2CCC[C@@H]2O)ccc1COc1nn2c(-c3cc(CO)on3)nnc2c2ccccc12. The van der Waals surface area contributed by atoms with Gasteiger partial charge in [0.2, 0.25) is 17.6 Å². The van der Waals surface area contributed by atoms with Gasteiger partial charge in [-0.2, -0.15) is 4.52 Å². The first-order valence-corrected chi connectivity index (χ1v) is 12.4. The third-order valence-corrected chi connectivity index (χ3v) is 6.80. The summed E-state index contributed by atoms with van der Waals surface area (Å²) in [5.74, 6) is 0.558. The normalized spacial score (nSPS) is 16.9. The van der Waals surface area contributed by atoms with E-state index in [1.165, 1.54) is 10.6 Å². The molecule has 1 aliphatic rings. The van der Waals surface area contributed by atoms with Crippen LogP contribution in [-0.2, 0) is 13.2 Å². The lowest BCUT2D eigenvalue weighted by molar-refractivity contribution is 0.0873. The van der Waals surface area contributed by atoms with E-state index in [0.717, 1.165) is 18.2 Å². The highest BCUT2D eigenvalue weighted by molar-refractivity contribution is 5.97. The fourth-order valence-electron chi connectivity index (χ4n) is 4.75. The number of amides is 1. The Morgan fingerprint density at radius 3 is 2.77 bits per heavy atom. The average Bonchev–Trinajstić information content (AvgIpc) is 3.71. The summed E-state index contributed by atoms with van der Waals surface area (Å²) in [7, 11) is 0. The van der Waals surface area contributed by atoms with E-state index in [4.69, 9.17) is 15.8 Å². The number of nitrogens with one attached hydrogen (secondary N) is 1. The molecule has 12 nitrogen and oxygen atoms in total. The van der Waals surface area contributed by atoms with Gasteiger partial charge in [0, 0.05) is 22.4 Å². The third-order valence-electron chi connectivity index (χ3n) is 6.80. The Morgan fingerprint density at radius 2 is 2.03 bits per heavy atom. The van der Waals surface area contributed by atoms with E-state index in [0.29, 0.717) is 40.1 Å². The number of rotatable bonds is 7. The number of hydrogen-bond donors (Lipinski definition) is 3. The lowest BCUT2D eigenvalue weighted by atomic mass is 10.1. The molecule has 6 rings (SSSR count). The Morgan fingerprint density at radius 1 is 1.18 bits per heavy atom. The number of fused-ring (bicyclic) bond motifs is 3. The second kappa shape index (κ2) is 10.1. The van der Waals surface area contributed by atoms with Gasteiger partial charge >= 0.3 is 0 Å². The number of aromatic nitrogens is 5. The molecule has 0 saturated heterocycles. The Balaban J connectivity index is 1.30. The molecule has 0 radical (unpaired) electrons. The molecule has 2 aromatic carbocycles. The molecule has 39 heavy (non-hydrogen) atoms. The van der Waals surface area contributed by atoms with Gasteiger partial charge in [-0.05, 0) is 37.0 Å². The van der Waals surface area contributed by atoms with E-state index in [9.17, 15) is 15.0 Å². The first-order valence-electron chi connectivity index (χ1n) is 12.4. The van der Waals surface area contributed by atoms with Crippen molar-refractivity contribution in [2.24, 2.45) is 0 Å². The van der Waals surface area contributed by atoms with Gasteiger partial charge in [-0.1, -0.05) is 35.5 Å². The van der Waals surface area contributed by atoms with Crippen molar-refractivity contribution in [3.63, 3.8) is 0 Å². The van der Waals surface area contributed by atoms with Crippen LogP contribution in [0.25, 0.3) is 32.8 Å². The van der Waals surface area contributed by atoms with Gasteiger partial charge in [0.05, 0.1) is 18.7 Å². The van der Waals surface area contributed by atoms with Crippen LogP contribution in [0.3, 0.4) is 0 Å². The lowest BCUT2D eigenvalue weighted by Gasteiger charge is -2.17. The molecule has 0 spiro atoms. The summed E-state index contributed by atoms with van der Waals surface area (Å²) in [4.78, 5) is 16.3. The smallest absolute Gasteiger partial charge is 0.250 e. The maximum Gasteiger partial charge on any atom is 0.250 e. The number of aliphatic hydroxyl groups excluding tert-OH is 2. The van der Waals surface area contributed by atoms with Gasteiger partial charge in [0.15, 0.2) is 22.8 Å². The van der Waals surface area contributed by atoms with Crippen LogP contribution in [0.5, 0.6) is 5.88 Å². The number of benzene rings is 2. The monoisotopic (exact) mass is 525 g/mol. The van der Waals surface area contributed by atoms with Crippen molar-refractivity contribution in [2.75, 3.05) is 0 Å². The highest BCUT2D eigenvalue weighted by Crippen LogP contribution is 2.30. The number of ether oxygens (including phenoxy) is 1. The standard InChI is InChI=1S/C27H23N7O5/c1-28-21-11-15(26(37)29-20-7-4-8-23(20)36)9-10-16(21)14-38-27-19-6-3-2-5-18(19)24-30-31-25(34(24)32-27)22-12-17(13-35)39-33-22/h2-3,5-6,9-12,20,23,35-36H,4,7-8,13-14H2,(H,29,37)/t20-,23-/m0/s1. The molecule has 3 N–H and O–H groups in total. The summed E-state index contributed by atoms with van der Waals surface area (Å²) >= 11 is 0. The van der Waals surface area contributed by atoms with E-state index in [1.54, 1.807) is 18.2 Å². The number of hydrogen-bond acceptors (Lipinski definition) is 9. The van der Waals surface area contributed by atoms with Crippen LogP contribution in [0.2, 0.25) is 0 Å². The highest BCUT2D eigenvalue weighted by atomic mass is 16.5. The number of carbonyl (C=O) groups excluding carboxylic acids is 1. The molecule has 5 aromatic rings. The van der Waals surface area contributed by atoms with E-state index >= 15 is 0 Å². The molecule has 1 amide bonds. The van der Waals surface area contributed by atoms with Crippen molar-refractivity contribution in [2.45, 2.75) is 44.6 Å². The van der Waals surface area contributed by atoms with Crippen LogP contribution < -0.4 is 10.1 Å². The predicted molar refractivity (Wildman–Crippen MR) is 138 cm³/mol. The van der Waals surface area contributed by atoms with E-state index in [-0.39, 0.29) is 42.5 Å². The first kappa shape index (κ1) is 24.5. The summed E-state index contributed by atoms with van der Waals surface area (Å²) in [6.07, 6.45) is 1.71. The predicted octanol–water partition coefficient (Wildman–Crippen LogP) is 3.20. The molecule has 0 unspecified atom stereocenters. The summed E-state index contributed by atoms with van der Waals surface area (Å²) < 4.78 is 12.7. The number of nitrogens with zero attached hydrogens (tertiary/aromatic N) is 6. The molecule has 1 saturated carbocycles. The summed E-state index contributed by atoms with van der Waals surface area (Å²) in [6.45, 7) is 7.37. The average molecular weight is 526 g/mol. The maximum absolute atomic E-state index is 12.7. The second-order valence-corrected chi connectivity index (χ2v) is 9.27. The van der Waals surface area contributed by atoms with Crippen molar-refractivity contribution >= 4 is 28.0 Å². The molecule has 1 fully saturated rings. The molecular weight excluding hydrogens is 502 g/mol. The van der Waals surface area contributed by atoms with Crippen LogP contribution >= 0.6 is 0 Å².